The van der Waals surface area contributed by atoms with Crippen molar-refractivity contribution in [3.63, 3.8) is 0 Å². The SMILES string of the molecule is CNCc1cc(S(=O)(=O)N2CCSC(C)C2)cn1C. The maximum atomic E-state index is 12.6. The van der Waals surface area contributed by atoms with Gasteiger partial charge in [0.25, 0.3) is 0 Å². The molecule has 1 atom stereocenters. The second-order valence-electron chi connectivity index (χ2n) is 4.85. The molecule has 0 bridgehead atoms. The molecule has 1 unspecified atom stereocenters. The summed E-state index contributed by atoms with van der Waals surface area (Å²) < 4.78 is 28.6. The number of hydrogen-bond acceptors (Lipinski definition) is 4. The summed E-state index contributed by atoms with van der Waals surface area (Å²) in [6, 6.07) is 1.76. The van der Waals surface area contributed by atoms with Gasteiger partial charge < -0.3 is 9.88 Å². The molecule has 0 spiro atoms. The molecule has 2 rings (SSSR count). The lowest BCUT2D eigenvalue weighted by Gasteiger charge is -2.29. The highest BCUT2D eigenvalue weighted by molar-refractivity contribution is 8.00. The van der Waals surface area contributed by atoms with Crippen LogP contribution < -0.4 is 5.32 Å². The minimum absolute atomic E-state index is 0.365. The van der Waals surface area contributed by atoms with Crippen molar-refractivity contribution in [3.05, 3.63) is 18.0 Å². The van der Waals surface area contributed by atoms with Gasteiger partial charge in [0.15, 0.2) is 0 Å². The second-order valence-corrected chi connectivity index (χ2v) is 8.34. The third-order valence-electron chi connectivity index (χ3n) is 3.28. The number of nitrogens with zero attached hydrogens (tertiary/aromatic N) is 2. The van der Waals surface area contributed by atoms with Gasteiger partial charge in [-0.2, -0.15) is 16.1 Å². The minimum atomic E-state index is -3.34. The van der Waals surface area contributed by atoms with Crippen molar-refractivity contribution >= 4 is 21.8 Å². The molecule has 1 fully saturated rings. The van der Waals surface area contributed by atoms with E-state index in [9.17, 15) is 8.42 Å². The number of sulfonamides is 1. The average Bonchev–Trinajstić information content (AvgIpc) is 2.72. The van der Waals surface area contributed by atoms with Crippen molar-refractivity contribution in [2.45, 2.75) is 23.6 Å². The van der Waals surface area contributed by atoms with Crippen LogP contribution in [0.5, 0.6) is 0 Å². The molecule has 2 heterocycles. The Balaban J connectivity index is 2.26. The summed E-state index contributed by atoms with van der Waals surface area (Å²) in [5.41, 5.74) is 0.973. The third kappa shape index (κ3) is 3.16. The van der Waals surface area contributed by atoms with Crippen LogP contribution in [0.4, 0.5) is 0 Å². The molecule has 5 nitrogen and oxygen atoms in total. The van der Waals surface area contributed by atoms with Crippen LogP contribution in [0, 0.1) is 0 Å². The molecular weight excluding hydrogens is 282 g/mol. The highest BCUT2D eigenvalue weighted by Crippen LogP contribution is 2.25. The highest BCUT2D eigenvalue weighted by atomic mass is 32.2. The van der Waals surface area contributed by atoms with Crippen LogP contribution in [0.15, 0.2) is 17.2 Å². The smallest absolute Gasteiger partial charge is 0.244 e. The topological polar surface area (TPSA) is 54.3 Å². The van der Waals surface area contributed by atoms with E-state index in [1.165, 1.54) is 0 Å². The summed E-state index contributed by atoms with van der Waals surface area (Å²) >= 11 is 1.83. The quantitative estimate of drug-likeness (QED) is 0.897. The predicted octanol–water partition coefficient (Wildman–Crippen LogP) is 0.870. The van der Waals surface area contributed by atoms with Crippen LogP contribution in [0.1, 0.15) is 12.6 Å². The zero-order valence-corrected chi connectivity index (χ0v) is 13.2. The van der Waals surface area contributed by atoms with Gasteiger partial charge >= 0.3 is 0 Å². The largest absolute Gasteiger partial charge is 0.352 e. The Kier molecular flexibility index (Phi) is 4.60. The Morgan fingerprint density at radius 3 is 2.89 bits per heavy atom. The molecule has 1 saturated heterocycles. The number of aromatic nitrogens is 1. The fraction of sp³-hybridized carbons (Fsp3) is 0.667. The van der Waals surface area contributed by atoms with Gasteiger partial charge in [-0.05, 0) is 13.1 Å². The fourth-order valence-electron chi connectivity index (χ4n) is 2.23. The summed E-state index contributed by atoms with van der Waals surface area (Å²) in [6.45, 7) is 3.94. The normalized spacial score (nSPS) is 21.7. The summed E-state index contributed by atoms with van der Waals surface area (Å²) in [5, 5.41) is 3.41. The van der Waals surface area contributed by atoms with E-state index in [1.807, 2.05) is 30.4 Å². The van der Waals surface area contributed by atoms with Gasteiger partial charge in [-0.25, -0.2) is 8.42 Å². The lowest BCUT2D eigenvalue weighted by molar-refractivity contribution is 0.424. The van der Waals surface area contributed by atoms with Crippen LogP contribution in [0.2, 0.25) is 0 Å². The highest BCUT2D eigenvalue weighted by Gasteiger charge is 2.29. The maximum absolute atomic E-state index is 12.6. The molecule has 1 aromatic rings. The number of hydrogen-bond donors (Lipinski definition) is 1. The van der Waals surface area contributed by atoms with E-state index in [-0.39, 0.29) is 0 Å². The maximum Gasteiger partial charge on any atom is 0.244 e. The predicted molar refractivity (Wildman–Crippen MR) is 78.9 cm³/mol. The zero-order valence-electron chi connectivity index (χ0n) is 11.6. The molecule has 108 valence electrons. The summed E-state index contributed by atoms with van der Waals surface area (Å²) in [5.74, 6) is 0.872. The van der Waals surface area contributed by atoms with Gasteiger partial charge in [0.1, 0.15) is 4.90 Å². The van der Waals surface area contributed by atoms with E-state index in [0.29, 0.717) is 29.8 Å². The van der Waals surface area contributed by atoms with Gasteiger partial charge in [-0.15, -0.1) is 0 Å². The first-order valence-electron chi connectivity index (χ1n) is 6.36. The van der Waals surface area contributed by atoms with Crippen LogP contribution in [-0.4, -0.2) is 48.4 Å². The first-order valence-corrected chi connectivity index (χ1v) is 8.85. The molecule has 0 amide bonds. The van der Waals surface area contributed by atoms with Crippen LogP contribution >= 0.6 is 11.8 Å². The molecule has 1 aliphatic rings. The first kappa shape index (κ1) is 14.9. The van der Waals surface area contributed by atoms with Crippen molar-refractivity contribution in [3.8, 4) is 0 Å². The van der Waals surface area contributed by atoms with Crippen molar-refractivity contribution in [2.24, 2.45) is 7.05 Å². The Morgan fingerprint density at radius 2 is 2.26 bits per heavy atom. The average molecular weight is 303 g/mol. The molecule has 19 heavy (non-hydrogen) atoms. The summed E-state index contributed by atoms with van der Waals surface area (Å²) in [4.78, 5) is 0.402. The van der Waals surface area contributed by atoms with Crippen LogP contribution in [0.25, 0.3) is 0 Å². The molecule has 1 N–H and O–H groups in total. The van der Waals surface area contributed by atoms with E-state index in [0.717, 1.165) is 11.4 Å². The molecule has 0 aromatic carbocycles. The molecule has 0 radical (unpaired) electrons. The molecule has 7 heteroatoms. The number of aryl methyl sites for hydroxylation is 1. The molecular formula is C12H21N3O2S2. The van der Waals surface area contributed by atoms with E-state index in [4.69, 9.17) is 0 Å². The summed E-state index contributed by atoms with van der Waals surface area (Å²) in [7, 11) is 0.384. The van der Waals surface area contributed by atoms with Crippen LogP contribution in [0.3, 0.4) is 0 Å². The zero-order chi connectivity index (χ0) is 14.0. The second kappa shape index (κ2) is 5.87. The van der Waals surface area contributed by atoms with E-state index >= 15 is 0 Å². The van der Waals surface area contributed by atoms with Crippen molar-refractivity contribution in [1.82, 2.24) is 14.2 Å². The van der Waals surface area contributed by atoms with Gasteiger partial charge in [-0.1, -0.05) is 6.92 Å². The van der Waals surface area contributed by atoms with Crippen LogP contribution in [-0.2, 0) is 23.6 Å². The van der Waals surface area contributed by atoms with Crippen molar-refractivity contribution < 1.29 is 8.42 Å². The number of nitrogens with one attached hydrogen (secondary N) is 1. The standard InChI is InChI=1S/C12H21N3O2S2/c1-10-8-15(4-5-18-10)19(16,17)12-6-11(7-13-2)14(3)9-12/h6,9-10,13H,4-5,7-8H2,1-3H3. The first-order chi connectivity index (χ1) is 8.95. The van der Waals surface area contributed by atoms with E-state index in [2.05, 4.69) is 12.2 Å². The van der Waals surface area contributed by atoms with E-state index < -0.39 is 10.0 Å². The Labute approximate surface area is 119 Å². The summed E-state index contributed by atoms with van der Waals surface area (Å²) in [6.07, 6.45) is 1.70. The Hall–Kier alpha value is -0.500. The number of rotatable bonds is 4. The monoisotopic (exact) mass is 303 g/mol. The third-order valence-corrected chi connectivity index (χ3v) is 6.25. The molecule has 0 saturated carbocycles. The van der Waals surface area contributed by atoms with Gasteiger partial charge in [0.2, 0.25) is 10.0 Å². The van der Waals surface area contributed by atoms with Gasteiger partial charge in [-0.3, -0.25) is 0 Å². The lowest BCUT2D eigenvalue weighted by Crippen LogP contribution is -2.40. The van der Waals surface area contributed by atoms with Gasteiger partial charge in [0.05, 0.1) is 0 Å². The fourth-order valence-corrected chi connectivity index (χ4v) is 5.08. The Morgan fingerprint density at radius 1 is 1.53 bits per heavy atom. The van der Waals surface area contributed by atoms with E-state index in [1.54, 1.807) is 16.6 Å². The van der Waals surface area contributed by atoms with Crippen molar-refractivity contribution in [1.29, 1.82) is 0 Å². The lowest BCUT2D eigenvalue weighted by atomic mass is 10.4. The molecule has 1 aromatic heterocycles. The molecule has 1 aliphatic heterocycles. The van der Waals surface area contributed by atoms with Gasteiger partial charge in [0, 0.05) is 49.6 Å². The minimum Gasteiger partial charge on any atom is -0.352 e. The number of thioether (sulfide) groups is 1. The Bertz CT molecular complexity index is 539. The molecule has 0 aliphatic carbocycles. The van der Waals surface area contributed by atoms with Crippen molar-refractivity contribution in [2.75, 3.05) is 25.9 Å².